The van der Waals surface area contributed by atoms with Gasteiger partial charge >= 0.3 is 12.1 Å². The highest BCUT2D eigenvalue weighted by Crippen LogP contribution is 2.36. The number of halogens is 2. The van der Waals surface area contributed by atoms with Gasteiger partial charge in [-0.05, 0) is 24.6 Å². The Labute approximate surface area is 123 Å². The van der Waals surface area contributed by atoms with E-state index in [-0.39, 0.29) is 23.2 Å². The van der Waals surface area contributed by atoms with E-state index in [2.05, 4.69) is 0 Å². The fourth-order valence-electron chi connectivity index (χ4n) is 2.08. The first-order valence-electron chi connectivity index (χ1n) is 5.72. The normalized spacial score (nSPS) is 22.0. The van der Waals surface area contributed by atoms with E-state index in [0.717, 1.165) is 4.90 Å². The number of benzene rings is 1. The predicted molar refractivity (Wildman–Crippen MR) is 71.8 cm³/mol. The summed E-state index contributed by atoms with van der Waals surface area (Å²) < 4.78 is 12.9. The molecule has 8 heteroatoms. The van der Waals surface area contributed by atoms with Crippen LogP contribution in [0.1, 0.15) is 6.42 Å². The summed E-state index contributed by atoms with van der Waals surface area (Å²) in [5.74, 6) is -1.62. The highest BCUT2D eigenvalue weighted by Gasteiger charge is 2.40. The van der Waals surface area contributed by atoms with E-state index >= 15 is 0 Å². The maximum atomic E-state index is 12.9. The van der Waals surface area contributed by atoms with Gasteiger partial charge in [0.25, 0.3) is 0 Å². The van der Waals surface area contributed by atoms with E-state index in [1.54, 1.807) is 0 Å². The average Bonchev–Trinajstić information content (AvgIpc) is 2.77. The number of nitrogens with zero attached hydrogens (tertiary/aromatic N) is 1. The summed E-state index contributed by atoms with van der Waals surface area (Å²) >= 11 is 7.16. The van der Waals surface area contributed by atoms with Crippen LogP contribution < -0.4 is 0 Å². The van der Waals surface area contributed by atoms with Crippen LogP contribution in [-0.4, -0.2) is 45.0 Å². The van der Waals surface area contributed by atoms with Crippen LogP contribution in [0.25, 0.3) is 0 Å². The Kier molecular flexibility index (Phi) is 4.39. The number of rotatable bonds is 3. The maximum Gasteiger partial charge on any atom is 0.408 e. The zero-order valence-electron chi connectivity index (χ0n) is 10.1. The fraction of sp³-hybridized carbons (Fsp3) is 0.333. The maximum absolute atomic E-state index is 12.9. The van der Waals surface area contributed by atoms with Crippen molar-refractivity contribution in [1.82, 2.24) is 4.90 Å². The summed E-state index contributed by atoms with van der Waals surface area (Å²) in [6, 6.07) is 2.88. The molecule has 0 spiro atoms. The molecule has 0 radical (unpaired) electrons. The molecule has 1 aliphatic heterocycles. The number of hydrogen-bond acceptors (Lipinski definition) is 3. The van der Waals surface area contributed by atoms with Gasteiger partial charge in [-0.3, -0.25) is 4.90 Å². The van der Waals surface area contributed by atoms with Crippen molar-refractivity contribution in [2.24, 2.45) is 0 Å². The largest absolute Gasteiger partial charge is 0.480 e. The van der Waals surface area contributed by atoms with Gasteiger partial charge < -0.3 is 10.2 Å². The summed E-state index contributed by atoms with van der Waals surface area (Å²) in [5.41, 5.74) is 0. The summed E-state index contributed by atoms with van der Waals surface area (Å²) in [5, 5.41) is 18.0. The molecule has 1 aliphatic rings. The Morgan fingerprint density at radius 2 is 2.10 bits per heavy atom. The average molecular weight is 320 g/mol. The lowest BCUT2D eigenvalue weighted by molar-refractivity contribution is -0.141. The molecule has 20 heavy (non-hydrogen) atoms. The van der Waals surface area contributed by atoms with Crippen LogP contribution in [0.3, 0.4) is 0 Å². The van der Waals surface area contributed by atoms with E-state index in [1.165, 1.54) is 30.0 Å². The highest BCUT2D eigenvalue weighted by molar-refractivity contribution is 8.00. The molecule has 0 unspecified atom stereocenters. The van der Waals surface area contributed by atoms with E-state index < -0.39 is 23.9 Å². The molecule has 1 fully saturated rings. The van der Waals surface area contributed by atoms with Gasteiger partial charge in [-0.25, -0.2) is 14.0 Å². The SMILES string of the molecule is O=C(O)[C@@H]1C[C@@H](Sc2ccc(F)cc2Cl)CN1C(=O)O. The van der Waals surface area contributed by atoms with Gasteiger partial charge in [-0.2, -0.15) is 0 Å². The molecular weight excluding hydrogens is 309 g/mol. The molecule has 2 N–H and O–H groups in total. The summed E-state index contributed by atoms with van der Waals surface area (Å²) in [6.07, 6.45) is -1.06. The lowest BCUT2D eigenvalue weighted by Crippen LogP contribution is -2.39. The zero-order valence-corrected chi connectivity index (χ0v) is 11.7. The van der Waals surface area contributed by atoms with Crippen molar-refractivity contribution in [2.45, 2.75) is 22.6 Å². The number of amides is 1. The van der Waals surface area contributed by atoms with Crippen LogP contribution in [0.15, 0.2) is 23.1 Å². The molecule has 1 saturated heterocycles. The van der Waals surface area contributed by atoms with Crippen LogP contribution in [0.4, 0.5) is 9.18 Å². The summed E-state index contributed by atoms with van der Waals surface area (Å²) in [6.45, 7) is 0.102. The first kappa shape index (κ1) is 14.9. The number of aliphatic carboxylic acids is 1. The van der Waals surface area contributed by atoms with Crippen LogP contribution >= 0.6 is 23.4 Å². The van der Waals surface area contributed by atoms with Gasteiger partial charge in [0.15, 0.2) is 0 Å². The van der Waals surface area contributed by atoms with Crippen LogP contribution in [0.2, 0.25) is 5.02 Å². The lowest BCUT2D eigenvalue weighted by atomic mass is 10.2. The monoisotopic (exact) mass is 319 g/mol. The lowest BCUT2D eigenvalue weighted by Gasteiger charge is -2.16. The Morgan fingerprint density at radius 3 is 2.60 bits per heavy atom. The first-order valence-corrected chi connectivity index (χ1v) is 6.98. The van der Waals surface area contributed by atoms with Crippen molar-refractivity contribution in [3.05, 3.63) is 29.0 Å². The molecule has 1 aromatic carbocycles. The second-order valence-corrected chi connectivity index (χ2v) is 6.09. The molecule has 0 aromatic heterocycles. The first-order chi connectivity index (χ1) is 9.38. The van der Waals surface area contributed by atoms with Crippen LogP contribution in [-0.2, 0) is 4.79 Å². The fourth-order valence-corrected chi connectivity index (χ4v) is 3.57. The Hall–Kier alpha value is -1.47. The van der Waals surface area contributed by atoms with Gasteiger partial charge in [0.05, 0.1) is 5.02 Å². The van der Waals surface area contributed by atoms with E-state index in [9.17, 15) is 14.0 Å². The van der Waals surface area contributed by atoms with Crippen molar-refractivity contribution < 1.29 is 24.2 Å². The third kappa shape index (κ3) is 3.16. The van der Waals surface area contributed by atoms with Crippen molar-refractivity contribution >= 4 is 35.4 Å². The van der Waals surface area contributed by atoms with Gasteiger partial charge in [0.2, 0.25) is 0 Å². The summed E-state index contributed by atoms with van der Waals surface area (Å²) in [7, 11) is 0. The van der Waals surface area contributed by atoms with Gasteiger partial charge in [0.1, 0.15) is 11.9 Å². The van der Waals surface area contributed by atoms with Crippen molar-refractivity contribution in [1.29, 1.82) is 0 Å². The van der Waals surface area contributed by atoms with Crippen molar-refractivity contribution in [2.75, 3.05) is 6.54 Å². The van der Waals surface area contributed by atoms with Crippen LogP contribution in [0, 0.1) is 5.82 Å². The van der Waals surface area contributed by atoms with Gasteiger partial charge in [0, 0.05) is 16.7 Å². The molecule has 5 nitrogen and oxygen atoms in total. The molecule has 0 aliphatic carbocycles. The highest BCUT2D eigenvalue weighted by atomic mass is 35.5. The topological polar surface area (TPSA) is 77.8 Å². The Balaban J connectivity index is 2.11. The quantitative estimate of drug-likeness (QED) is 0.895. The molecule has 1 amide bonds. The van der Waals surface area contributed by atoms with Crippen molar-refractivity contribution in [3.63, 3.8) is 0 Å². The minimum Gasteiger partial charge on any atom is -0.480 e. The molecule has 2 atom stereocenters. The smallest absolute Gasteiger partial charge is 0.408 e. The second-order valence-electron chi connectivity index (χ2n) is 4.34. The van der Waals surface area contributed by atoms with E-state index in [4.69, 9.17) is 21.8 Å². The van der Waals surface area contributed by atoms with Crippen LogP contribution in [0.5, 0.6) is 0 Å². The standard InChI is InChI=1S/C12H11ClFNO4S/c13-8-3-6(14)1-2-10(8)20-7-4-9(11(16)17)15(5-7)12(18)19/h1-3,7,9H,4-5H2,(H,16,17)(H,18,19)/t7-,9+/m1/s1. The molecule has 108 valence electrons. The van der Waals surface area contributed by atoms with Gasteiger partial charge in [-0.1, -0.05) is 11.6 Å². The summed E-state index contributed by atoms with van der Waals surface area (Å²) in [4.78, 5) is 23.5. The number of hydrogen-bond donors (Lipinski definition) is 2. The predicted octanol–water partition coefficient (Wildman–Crippen LogP) is 2.78. The number of thioether (sulfide) groups is 1. The van der Waals surface area contributed by atoms with E-state index in [0.29, 0.717) is 4.90 Å². The molecular formula is C12H11ClFNO4S. The molecule has 1 heterocycles. The zero-order chi connectivity index (χ0) is 14.9. The van der Waals surface area contributed by atoms with Crippen molar-refractivity contribution in [3.8, 4) is 0 Å². The Bertz CT molecular complexity index is 534. The molecule has 2 rings (SSSR count). The van der Waals surface area contributed by atoms with E-state index in [1.807, 2.05) is 0 Å². The number of carbonyl (C=O) groups is 2. The third-order valence-corrected chi connectivity index (χ3v) is 4.69. The number of likely N-dealkylation sites (tertiary alicyclic amines) is 1. The third-order valence-electron chi connectivity index (χ3n) is 2.98. The number of carboxylic acids is 1. The number of carboxylic acid groups (broad SMARTS) is 2. The molecule has 0 bridgehead atoms. The van der Waals surface area contributed by atoms with Gasteiger partial charge in [-0.15, -0.1) is 11.8 Å². The molecule has 1 aromatic rings. The Morgan fingerprint density at radius 1 is 1.40 bits per heavy atom. The second kappa shape index (κ2) is 5.88. The minimum atomic E-state index is -1.26. The molecule has 0 saturated carbocycles. The minimum absolute atomic E-state index is 0.102.